The quantitative estimate of drug-likeness (QED) is 0.131. The lowest BCUT2D eigenvalue weighted by Gasteiger charge is -2.37. The van der Waals surface area contributed by atoms with Gasteiger partial charge in [0.1, 0.15) is 23.3 Å². The molecule has 5 aromatic rings. The summed E-state index contributed by atoms with van der Waals surface area (Å²) in [5.41, 5.74) is 6.54. The maximum absolute atomic E-state index is 16.3. The number of rotatable bonds is 11. The summed E-state index contributed by atoms with van der Waals surface area (Å²) in [5, 5.41) is 2.98. The molecule has 0 bridgehead atoms. The number of amides is 2. The van der Waals surface area contributed by atoms with Gasteiger partial charge in [0, 0.05) is 29.4 Å². The molecule has 2 aliphatic carbocycles. The van der Waals surface area contributed by atoms with Crippen LogP contribution >= 0.6 is 0 Å². The first kappa shape index (κ1) is 34.3. The van der Waals surface area contributed by atoms with Gasteiger partial charge in [0.2, 0.25) is 0 Å². The highest BCUT2D eigenvalue weighted by molar-refractivity contribution is 6.09. The van der Waals surface area contributed by atoms with Gasteiger partial charge in [-0.2, -0.15) is 0 Å². The summed E-state index contributed by atoms with van der Waals surface area (Å²) >= 11 is 0. The molecule has 3 atom stereocenters. The number of aromatic nitrogens is 3. The lowest BCUT2D eigenvalue weighted by atomic mass is 9.68. The first-order chi connectivity index (χ1) is 24.6. The summed E-state index contributed by atoms with van der Waals surface area (Å²) in [4.78, 5) is 49.8. The van der Waals surface area contributed by atoms with Gasteiger partial charge in [-0.3, -0.25) is 14.4 Å². The molecule has 0 spiro atoms. The normalized spacial score (nSPS) is 16.6. The smallest absolute Gasteiger partial charge is 0.262 e. The van der Waals surface area contributed by atoms with E-state index < -0.39 is 52.8 Å². The molecule has 51 heavy (non-hydrogen) atoms. The van der Waals surface area contributed by atoms with Gasteiger partial charge in [0.15, 0.2) is 0 Å². The summed E-state index contributed by atoms with van der Waals surface area (Å²) in [6.07, 6.45) is 8.57. The molecule has 2 fully saturated rings. The summed E-state index contributed by atoms with van der Waals surface area (Å²) in [5.74, 6) is -3.81. The third-order valence-corrected chi connectivity index (χ3v) is 11.1. The van der Waals surface area contributed by atoms with Crippen LogP contribution in [-0.4, -0.2) is 26.3 Å². The number of pyridine rings is 1. The minimum absolute atomic E-state index is 0.0454. The van der Waals surface area contributed by atoms with Gasteiger partial charge < -0.3 is 20.6 Å². The van der Waals surface area contributed by atoms with Crippen molar-refractivity contribution in [1.29, 1.82) is 0 Å². The fourth-order valence-electron chi connectivity index (χ4n) is 8.18. The van der Waals surface area contributed by atoms with Crippen molar-refractivity contribution in [2.24, 2.45) is 17.6 Å². The van der Waals surface area contributed by atoms with E-state index in [1.54, 1.807) is 37.5 Å². The van der Waals surface area contributed by atoms with E-state index in [1.807, 2.05) is 6.92 Å². The van der Waals surface area contributed by atoms with Crippen molar-refractivity contribution < 1.29 is 22.8 Å². The van der Waals surface area contributed by atoms with E-state index in [0.717, 1.165) is 38.5 Å². The maximum atomic E-state index is 16.3. The molecule has 1 unspecified atom stereocenters. The third kappa shape index (κ3) is 6.02. The topological polar surface area (TPSA) is 123 Å². The van der Waals surface area contributed by atoms with Gasteiger partial charge in [-0.25, -0.2) is 18.2 Å². The van der Waals surface area contributed by atoms with Crippen molar-refractivity contribution in [1.82, 2.24) is 19.9 Å². The largest absolute Gasteiger partial charge is 0.365 e. The Balaban J connectivity index is 1.53. The Morgan fingerprint density at radius 1 is 0.941 bits per heavy atom. The molecule has 2 amide bonds. The number of primary amides is 1. The second-order valence-corrected chi connectivity index (χ2v) is 13.9. The van der Waals surface area contributed by atoms with E-state index in [1.165, 1.54) is 41.0 Å². The second kappa shape index (κ2) is 13.8. The van der Waals surface area contributed by atoms with E-state index in [9.17, 15) is 18.8 Å². The van der Waals surface area contributed by atoms with Crippen LogP contribution in [0.3, 0.4) is 0 Å². The number of carbonyl (C=O) groups is 2. The predicted molar refractivity (Wildman–Crippen MR) is 188 cm³/mol. The Hall–Kier alpha value is -5.19. The van der Waals surface area contributed by atoms with Gasteiger partial charge >= 0.3 is 0 Å². The molecule has 0 saturated heterocycles. The Kier molecular flexibility index (Phi) is 9.30. The van der Waals surface area contributed by atoms with E-state index in [4.69, 9.17) is 5.73 Å². The van der Waals surface area contributed by atoms with Crippen LogP contribution in [0.25, 0.3) is 10.8 Å². The van der Waals surface area contributed by atoms with E-state index in [0.29, 0.717) is 28.9 Å². The fourth-order valence-corrected chi connectivity index (χ4v) is 8.18. The zero-order valence-electron chi connectivity index (χ0n) is 28.5. The van der Waals surface area contributed by atoms with Crippen LogP contribution in [-0.2, 0) is 0 Å². The van der Waals surface area contributed by atoms with Crippen LogP contribution in [0.15, 0.2) is 71.8 Å². The van der Waals surface area contributed by atoms with Crippen LogP contribution in [0.1, 0.15) is 119 Å². The number of fused-ring (bicyclic) bond motifs is 1. The highest BCUT2D eigenvalue weighted by Crippen LogP contribution is 2.47. The first-order valence-electron chi connectivity index (χ1n) is 17.6. The number of nitrogens with one attached hydrogen (secondary N) is 2. The minimum atomic E-state index is -0.946. The van der Waals surface area contributed by atoms with Gasteiger partial charge in [-0.1, -0.05) is 50.1 Å². The third-order valence-electron chi connectivity index (χ3n) is 11.1. The van der Waals surface area contributed by atoms with Gasteiger partial charge in [0.25, 0.3) is 17.4 Å². The number of nitrogens with two attached hydrogens (primary N) is 1. The van der Waals surface area contributed by atoms with Crippen LogP contribution in [0.5, 0.6) is 0 Å². The van der Waals surface area contributed by atoms with Crippen molar-refractivity contribution in [3.63, 3.8) is 0 Å². The number of nitrogens with zero attached hydrogens (tertiary/aromatic N) is 2. The molecule has 2 saturated carbocycles. The number of halogens is 3. The molecule has 0 radical (unpaired) electrons. The number of imidazole rings is 1. The zero-order valence-corrected chi connectivity index (χ0v) is 28.5. The Labute approximate surface area is 293 Å². The molecule has 2 aromatic heterocycles. The number of carbonyl (C=O) groups excluding carboxylic acids is 2. The second-order valence-electron chi connectivity index (χ2n) is 13.9. The molecule has 8 nitrogen and oxygen atoms in total. The molecule has 3 aromatic carbocycles. The van der Waals surface area contributed by atoms with Crippen molar-refractivity contribution in [3.8, 4) is 0 Å². The average molecular weight is 696 g/mol. The number of benzene rings is 3. The van der Waals surface area contributed by atoms with Gasteiger partial charge in [0.05, 0.1) is 28.6 Å². The van der Waals surface area contributed by atoms with Gasteiger partial charge in [-0.15, -0.1) is 0 Å². The van der Waals surface area contributed by atoms with Crippen molar-refractivity contribution in [2.45, 2.75) is 76.8 Å². The SMILES string of the molecule is CCC(c1ncc[nH]1)n1c(C)c(C(=O)N[C@H](c2cccc(F)c2)C2CCC2)c2c([C@@H](c3cccc(F)c3C(N)=O)C3CCC3)ccc(F)c2c1=O. The van der Waals surface area contributed by atoms with Crippen LogP contribution in [0.4, 0.5) is 13.2 Å². The van der Waals surface area contributed by atoms with Crippen LogP contribution < -0.4 is 16.6 Å². The average Bonchev–Trinajstić information content (AvgIpc) is 3.58. The standard InChI is InChI=1S/C40H40F3N5O3/c1-3-30(38-45-18-19-46-38)48-21(2)31(39(50)47-36(23-10-5-11-23)24-12-6-13-25(41)20-24)34-27(16-17-29(43)35(34)40(48)51)32(22-8-4-9-22)26-14-7-15-28(42)33(26)37(44)49/h6-7,12-20,22-23,30,32,36H,3-5,8-11H2,1-2H3,(H2,44,49)(H,45,46)(H,47,50)/t30?,32-,36+/m1/s1. The molecule has 264 valence electrons. The minimum Gasteiger partial charge on any atom is -0.365 e. The molecule has 2 aliphatic rings. The Morgan fingerprint density at radius 3 is 2.27 bits per heavy atom. The number of hydrogen-bond acceptors (Lipinski definition) is 4. The number of hydrogen-bond donors (Lipinski definition) is 3. The molecule has 11 heteroatoms. The molecule has 2 heterocycles. The van der Waals surface area contributed by atoms with Gasteiger partial charge in [-0.05, 0) is 91.8 Å². The molecule has 4 N–H and O–H groups in total. The monoisotopic (exact) mass is 695 g/mol. The molecule has 7 rings (SSSR count). The van der Waals surface area contributed by atoms with Crippen molar-refractivity contribution >= 4 is 22.6 Å². The van der Waals surface area contributed by atoms with Crippen LogP contribution in [0, 0.1) is 36.2 Å². The van der Waals surface area contributed by atoms with E-state index >= 15 is 8.78 Å². The number of H-pyrrole nitrogens is 1. The molecule has 0 aliphatic heterocycles. The molecular weight excluding hydrogens is 655 g/mol. The highest BCUT2D eigenvalue weighted by atomic mass is 19.1. The zero-order chi connectivity index (χ0) is 36.0. The first-order valence-corrected chi connectivity index (χ1v) is 17.6. The lowest BCUT2D eigenvalue weighted by Crippen LogP contribution is -2.39. The van der Waals surface area contributed by atoms with E-state index in [-0.39, 0.29) is 39.4 Å². The van der Waals surface area contributed by atoms with Crippen LogP contribution in [0.2, 0.25) is 0 Å². The summed E-state index contributed by atoms with van der Waals surface area (Å²) in [6.45, 7) is 3.53. The molecular formula is C40H40F3N5O3. The number of aromatic amines is 1. The van der Waals surface area contributed by atoms with Crippen molar-refractivity contribution in [2.75, 3.05) is 0 Å². The summed E-state index contributed by atoms with van der Waals surface area (Å²) in [6, 6.07) is 12.0. The summed E-state index contributed by atoms with van der Waals surface area (Å²) in [7, 11) is 0. The highest BCUT2D eigenvalue weighted by Gasteiger charge is 2.38. The predicted octanol–water partition coefficient (Wildman–Crippen LogP) is 7.75. The maximum Gasteiger partial charge on any atom is 0.262 e. The van der Waals surface area contributed by atoms with E-state index in [2.05, 4.69) is 15.3 Å². The van der Waals surface area contributed by atoms with Crippen molar-refractivity contribution in [3.05, 3.63) is 134 Å². The summed E-state index contributed by atoms with van der Waals surface area (Å²) < 4.78 is 47.6. The lowest BCUT2D eigenvalue weighted by molar-refractivity contribution is 0.0899. The Bertz CT molecular complexity index is 2190. The Morgan fingerprint density at radius 2 is 1.67 bits per heavy atom. The fraction of sp³-hybridized carbons (Fsp3) is 0.350.